The van der Waals surface area contributed by atoms with Crippen LogP contribution in [0.3, 0.4) is 0 Å². The molecule has 0 N–H and O–H groups in total. The summed E-state index contributed by atoms with van der Waals surface area (Å²) in [6.45, 7) is 14.0. The Morgan fingerprint density at radius 1 is 0.765 bits per heavy atom. The summed E-state index contributed by atoms with van der Waals surface area (Å²) in [6.07, 6.45) is 2.81. The zero-order chi connectivity index (χ0) is 24.7. The fraction of sp³-hybridized carbons (Fsp3) is 0.300. The lowest BCUT2D eigenvalue weighted by molar-refractivity contribution is 0.338. The molecular formula is C30H38O2Si2. The molecule has 0 aromatic heterocycles. The lowest BCUT2D eigenvalue weighted by Gasteiger charge is -2.42. The minimum Gasteiger partial charge on any atom is -0.537 e. The number of hydrogen-bond acceptors (Lipinski definition) is 2. The van der Waals surface area contributed by atoms with Gasteiger partial charge >= 0.3 is 0 Å². The molecule has 3 rings (SSSR count). The molecule has 0 amide bonds. The summed E-state index contributed by atoms with van der Waals surface area (Å²) in [5.74, 6) is 0.895. The Balaban J connectivity index is 1.91. The van der Waals surface area contributed by atoms with E-state index < -0.39 is 16.6 Å². The summed E-state index contributed by atoms with van der Waals surface area (Å²) in [7, 11) is -4.59. The highest BCUT2D eigenvalue weighted by Crippen LogP contribution is 2.36. The Kier molecular flexibility index (Phi) is 8.56. The Hall–Kier alpha value is -2.63. The fourth-order valence-electron chi connectivity index (χ4n) is 4.49. The minimum absolute atomic E-state index is 0.0421. The van der Waals surface area contributed by atoms with Crippen molar-refractivity contribution in [2.75, 3.05) is 6.61 Å². The lowest BCUT2D eigenvalue weighted by Crippen LogP contribution is -2.66. The van der Waals surface area contributed by atoms with Crippen LogP contribution in [0.5, 0.6) is 0 Å². The van der Waals surface area contributed by atoms with Crippen LogP contribution in [0, 0.1) is 0 Å². The summed E-state index contributed by atoms with van der Waals surface area (Å²) in [5.41, 5.74) is 3.42. The normalized spacial score (nSPS) is 12.1. The molecule has 0 fully saturated rings. The van der Waals surface area contributed by atoms with Crippen molar-refractivity contribution in [1.82, 2.24) is 0 Å². The highest BCUT2D eigenvalue weighted by atomic mass is 28.4. The molecule has 0 saturated carbocycles. The summed E-state index contributed by atoms with van der Waals surface area (Å²) >= 11 is 0. The summed E-state index contributed by atoms with van der Waals surface area (Å²) in [4.78, 5) is 0. The van der Waals surface area contributed by atoms with E-state index >= 15 is 0 Å². The van der Waals surface area contributed by atoms with Gasteiger partial charge in [-0.3, -0.25) is 0 Å². The lowest BCUT2D eigenvalue weighted by atomic mass is 10.2. The Bertz CT molecular complexity index is 1060. The van der Waals surface area contributed by atoms with Gasteiger partial charge in [-0.05, 0) is 39.8 Å². The van der Waals surface area contributed by atoms with Gasteiger partial charge in [0.05, 0.1) is 6.61 Å². The average Bonchev–Trinajstić information content (AvgIpc) is 2.84. The fourth-order valence-corrected chi connectivity index (χ4v) is 10.9. The molecular weight excluding hydrogens is 449 g/mol. The molecule has 0 aliphatic rings. The SMILES string of the molecule is CCC(=C=CCO[Si](c1ccccc1)(c1ccccc1)C(C)(C)C)O[Si](C)(C)c1ccccc1. The molecule has 0 saturated heterocycles. The van der Waals surface area contributed by atoms with Crippen molar-refractivity contribution in [1.29, 1.82) is 0 Å². The average molecular weight is 487 g/mol. The Morgan fingerprint density at radius 3 is 1.62 bits per heavy atom. The van der Waals surface area contributed by atoms with Gasteiger partial charge in [0.25, 0.3) is 16.6 Å². The molecule has 34 heavy (non-hydrogen) atoms. The van der Waals surface area contributed by atoms with Crippen molar-refractivity contribution < 1.29 is 8.85 Å². The third-order valence-corrected chi connectivity index (χ3v) is 13.7. The summed E-state index contributed by atoms with van der Waals surface area (Å²) < 4.78 is 13.5. The monoisotopic (exact) mass is 486 g/mol. The predicted molar refractivity (Wildman–Crippen MR) is 150 cm³/mol. The zero-order valence-electron chi connectivity index (χ0n) is 21.5. The van der Waals surface area contributed by atoms with Gasteiger partial charge in [-0.15, -0.1) is 0 Å². The first-order valence-corrected chi connectivity index (χ1v) is 17.0. The first kappa shape index (κ1) is 26.0. The summed E-state index contributed by atoms with van der Waals surface area (Å²) in [5, 5.41) is 3.82. The van der Waals surface area contributed by atoms with Crippen LogP contribution in [0.25, 0.3) is 0 Å². The van der Waals surface area contributed by atoms with Gasteiger partial charge in [-0.1, -0.05) is 124 Å². The smallest absolute Gasteiger partial charge is 0.277 e. The van der Waals surface area contributed by atoms with Crippen LogP contribution in [0.2, 0.25) is 18.1 Å². The van der Waals surface area contributed by atoms with E-state index in [0.717, 1.165) is 12.2 Å². The van der Waals surface area contributed by atoms with Crippen molar-refractivity contribution in [3.8, 4) is 0 Å². The van der Waals surface area contributed by atoms with E-state index in [1.807, 2.05) is 12.1 Å². The topological polar surface area (TPSA) is 18.5 Å². The van der Waals surface area contributed by atoms with Gasteiger partial charge in [-0.2, -0.15) is 0 Å². The second kappa shape index (κ2) is 11.2. The maximum absolute atomic E-state index is 6.94. The van der Waals surface area contributed by atoms with Crippen molar-refractivity contribution in [3.63, 3.8) is 0 Å². The first-order chi connectivity index (χ1) is 16.2. The second-order valence-corrected chi connectivity index (χ2v) is 18.2. The third-order valence-electron chi connectivity index (χ3n) is 6.23. The van der Waals surface area contributed by atoms with Gasteiger partial charge in [0.1, 0.15) is 5.76 Å². The standard InChI is InChI=1S/C30H38O2Si2/c1-7-26(32-33(5,6)27-19-11-8-12-20-27)18-17-25-31-34(30(2,3)4,28-21-13-9-14-22-28)29-23-15-10-16-24-29/h8-17,19-24H,7,25H2,1-6H3. The number of hydrogen-bond donors (Lipinski definition) is 0. The molecule has 4 heteroatoms. The molecule has 2 nitrogen and oxygen atoms in total. The molecule has 0 bridgehead atoms. The van der Waals surface area contributed by atoms with Crippen LogP contribution < -0.4 is 15.6 Å². The summed E-state index contributed by atoms with van der Waals surface area (Å²) in [6, 6.07) is 32.0. The van der Waals surface area contributed by atoms with Crippen LogP contribution in [0.1, 0.15) is 34.1 Å². The molecule has 0 unspecified atom stereocenters. The van der Waals surface area contributed by atoms with Crippen LogP contribution in [0.4, 0.5) is 0 Å². The Morgan fingerprint density at radius 2 is 1.21 bits per heavy atom. The van der Waals surface area contributed by atoms with E-state index in [0.29, 0.717) is 6.61 Å². The van der Waals surface area contributed by atoms with Crippen molar-refractivity contribution in [2.45, 2.75) is 52.2 Å². The van der Waals surface area contributed by atoms with Gasteiger partial charge < -0.3 is 8.85 Å². The van der Waals surface area contributed by atoms with Crippen LogP contribution in [0.15, 0.2) is 109 Å². The van der Waals surface area contributed by atoms with Crippen LogP contribution >= 0.6 is 0 Å². The molecule has 178 valence electrons. The Labute approximate surface area is 208 Å². The van der Waals surface area contributed by atoms with E-state index in [4.69, 9.17) is 8.85 Å². The van der Waals surface area contributed by atoms with E-state index in [-0.39, 0.29) is 5.04 Å². The zero-order valence-corrected chi connectivity index (χ0v) is 23.5. The predicted octanol–water partition coefficient (Wildman–Crippen LogP) is 6.14. The highest BCUT2D eigenvalue weighted by Gasteiger charge is 2.49. The number of benzene rings is 3. The molecule has 3 aromatic rings. The molecule has 0 aliphatic heterocycles. The van der Waals surface area contributed by atoms with Crippen molar-refractivity contribution in [3.05, 3.63) is 109 Å². The highest BCUT2D eigenvalue weighted by molar-refractivity contribution is 6.99. The minimum atomic E-state index is -2.54. The van der Waals surface area contributed by atoms with Crippen LogP contribution in [-0.4, -0.2) is 23.2 Å². The molecule has 0 aliphatic carbocycles. The molecule has 0 atom stereocenters. The van der Waals surface area contributed by atoms with Crippen LogP contribution in [-0.2, 0) is 8.85 Å². The van der Waals surface area contributed by atoms with Gasteiger partial charge in [0.15, 0.2) is 0 Å². The van der Waals surface area contributed by atoms with Gasteiger partial charge in [0.2, 0.25) is 0 Å². The molecule has 3 aromatic carbocycles. The maximum atomic E-state index is 6.94. The first-order valence-electron chi connectivity index (χ1n) is 12.1. The number of rotatable bonds is 9. The van der Waals surface area contributed by atoms with Gasteiger partial charge in [-0.25, -0.2) is 0 Å². The van der Waals surface area contributed by atoms with E-state index in [9.17, 15) is 0 Å². The largest absolute Gasteiger partial charge is 0.537 e. The van der Waals surface area contributed by atoms with Gasteiger partial charge in [0, 0.05) is 6.42 Å². The van der Waals surface area contributed by atoms with E-state index in [1.165, 1.54) is 15.6 Å². The van der Waals surface area contributed by atoms with Crippen molar-refractivity contribution >= 4 is 32.2 Å². The molecule has 0 heterocycles. The quantitative estimate of drug-likeness (QED) is 0.205. The van der Waals surface area contributed by atoms with E-state index in [1.54, 1.807) is 0 Å². The maximum Gasteiger partial charge on any atom is 0.277 e. The second-order valence-electron chi connectivity index (χ2n) is 10.1. The molecule has 0 radical (unpaired) electrons. The molecule has 0 spiro atoms. The van der Waals surface area contributed by atoms with Crippen molar-refractivity contribution in [2.24, 2.45) is 0 Å². The van der Waals surface area contributed by atoms with E-state index in [2.05, 4.69) is 131 Å². The third kappa shape index (κ3) is 5.89.